The van der Waals surface area contributed by atoms with E-state index in [4.69, 9.17) is 11.5 Å². The maximum Gasteiger partial charge on any atom is 0.327 e. The largest absolute Gasteiger partial charge is 0.365 e. The van der Waals surface area contributed by atoms with Crippen molar-refractivity contribution < 1.29 is 13.2 Å². The molecule has 0 saturated carbocycles. The van der Waals surface area contributed by atoms with E-state index in [1.807, 2.05) is 30.5 Å². The zero-order valence-electron chi connectivity index (χ0n) is 21.1. The van der Waals surface area contributed by atoms with Crippen LogP contribution in [0.15, 0.2) is 47.9 Å². The Morgan fingerprint density at radius 3 is 2.62 bits per heavy atom. The fraction of sp³-hybridized carbons (Fsp3) is 0.500. The second-order valence-electron chi connectivity index (χ2n) is 9.99. The molecule has 2 amide bonds. The van der Waals surface area contributed by atoms with E-state index < -0.39 is 9.84 Å². The number of hydrogen-bond acceptors (Lipinski definition) is 7. The molecule has 0 bridgehead atoms. The third-order valence-corrected chi connectivity index (χ3v) is 9.72. The summed E-state index contributed by atoms with van der Waals surface area (Å²) in [6.07, 6.45) is 8.95. The van der Waals surface area contributed by atoms with Gasteiger partial charge in [0.25, 0.3) is 0 Å². The first kappa shape index (κ1) is 25.8. The van der Waals surface area contributed by atoms with Gasteiger partial charge in [0, 0.05) is 42.0 Å². The van der Waals surface area contributed by atoms with Crippen LogP contribution in [0.5, 0.6) is 0 Å². The van der Waals surface area contributed by atoms with Crippen molar-refractivity contribution in [3.05, 3.63) is 53.5 Å². The van der Waals surface area contributed by atoms with Crippen LogP contribution in [-0.4, -0.2) is 62.4 Å². The molecule has 1 aromatic heterocycles. The monoisotopic (exact) mass is 527 g/mol. The van der Waals surface area contributed by atoms with Crippen molar-refractivity contribution in [3.8, 4) is 0 Å². The predicted molar refractivity (Wildman–Crippen MR) is 147 cm³/mol. The number of allylic oxidation sites excluding steroid dienone is 1. The number of nitrogens with two attached hydrogens (primary N) is 2. The summed E-state index contributed by atoms with van der Waals surface area (Å²) in [7, 11) is -3.16. The van der Waals surface area contributed by atoms with Crippen molar-refractivity contribution in [3.63, 3.8) is 0 Å². The number of piperidine rings is 1. The van der Waals surface area contributed by atoms with Gasteiger partial charge in [-0.25, -0.2) is 13.2 Å². The standard InChI is InChI=1S/C26H37N7O3S/c27-8-1-12-32-16-18(4-9-28)23-3-2-21(15-24(23)32)33-17-19-14-20(30-25(19)31-26(33)34)7-13-37(35,36)22-5-10-29-11-6-22/h2-3,14-17,22,25,29-30H,1,4-13,27-28H2,(H,31,34). The number of urea groups is 1. The number of carbonyl (C=O) groups is 1. The molecule has 37 heavy (non-hydrogen) atoms. The van der Waals surface area contributed by atoms with Gasteiger partial charge in [-0.15, -0.1) is 0 Å². The Morgan fingerprint density at radius 2 is 1.86 bits per heavy atom. The fourth-order valence-electron chi connectivity index (χ4n) is 5.44. The van der Waals surface area contributed by atoms with E-state index in [1.165, 1.54) is 5.56 Å². The van der Waals surface area contributed by atoms with Gasteiger partial charge in [-0.1, -0.05) is 6.07 Å². The molecule has 1 fully saturated rings. The van der Waals surface area contributed by atoms with E-state index in [0.29, 0.717) is 32.4 Å². The molecule has 1 aromatic carbocycles. The van der Waals surface area contributed by atoms with Gasteiger partial charge in [-0.2, -0.15) is 0 Å². The lowest BCUT2D eigenvalue weighted by atomic mass is 10.1. The number of hydrogen-bond donors (Lipinski definition) is 5. The molecular weight excluding hydrogens is 490 g/mol. The Hall–Kier alpha value is -2.86. The number of benzene rings is 1. The molecular formula is C26H37N7O3S. The Labute approximate surface area is 218 Å². The third kappa shape index (κ3) is 5.40. The number of aryl methyl sites for hydroxylation is 1. The summed E-state index contributed by atoms with van der Waals surface area (Å²) in [5, 5.41) is 10.4. The van der Waals surface area contributed by atoms with Gasteiger partial charge >= 0.3 is 6.03 Å². The van der Waals surface area contributed by atoms with Gasteiger partial charge in [0.1, 0.15) is 6.17 Å². The Kier molecular flexibility index (Phi) is 7.57. The van der Waals surface area contributed by atoms with E-state index in [2.05, 4.69) is 26.7 Å². The van der Waals surface area contributed by atoms with E-state index >= 15 is 0 Å². The van der Waals surface area contributed by atoms with E-state index in [0.717, 1.165) is 60.3 Å². The lowest BCUT2D eigenvalue weighted by Gasteiger charge is -2.29. The number of carbonyl (C=O) groups excluding carboxylic acids is 1. The highest BCUT2D eigenvalue weighted by Crippen LogP contribution is 2.30. The van der Waals surface area contributed by atoms with Crippen LogP contribution in [-0.2, 0) is 22.8 Å². The first-order valence-electron chi connectivity index (χ1n) is 13.1. The molecule has 1 atom stereocenters. The number of nitrogens with one attached hydrogen (secondary N) is 3. The molecule has 3 aliphatic rings. The first-order valence-corrected chi connectivity index (χ1v) is 14.8. The van der Waals surface area contributed by atoms with Gasteiger partial charge in [0.2, 0.25) is 0 Å². The maximum absolute atomic E-state index is 13.0. The van der Waals surface area contributed by atoms with Gasteiger partial charge in [0.15, 0.2) is 9.84 Å². The van der Waals surface area contributed by atoms with Crippen LogP contribution in [0.2, 0.25) is 0 Å². The van der Waals surface area contributed by atoms with Crippen LogP contribution in [0, 0.1) is 0 Å². The minimum Gasteiger partial charge on any atom is -0.365 e. The molecule has 11 heteroatoms. The molecule has 1 saturated heterocycles. The zero-order chi connectivity index (χ0) is 26.0. The second-order valence-corrected chi connectivity index (χ2v) is 12.4. The highest BCUT2D eigenvalue weighted by atomic mass is 32.2. The Bertz CT molecular complexity index is 1330. The molecule has 1 unspecified atom stereocenters. The number of fused-ring (bicyclic) bond motifs is 2. The van der Waals surface area contributed by atoms with E-state index in [9.17, 15) is 13.2 Å². The van der Waals surface area contributed by atoms with Gasteiger partial charge in [-0.3, -0.25) is 4.90 Å². The Balaban J connectivity index is 1.35. The summed E-state index contributed by atoms with van der Waals surface area (Å²) < 4.78 is 27.8. The molecule has 0 radical (unpaired) electrons. The normalized spacial score (nSPS) is 20.4. The highest BCUT2D eigenvalue weighted by Gasteiger charge is 2.32. The quantitative estimate of drug-likeness (QED) is 0.313. The molecule has 0 aliphatic carbocycles. The van der Waals surface area contributed by atoms with Crippen LogP contribution in [0.3, 0.4) is 0 Å². The second kappa shape index (κ2) is 10.9. The van der Waals surface area contributed by atoms with E-state index in [1.54, 1.807) is 4.90 Å². The third-order valence-electron chi connectivity index (χ3n) is 7.46. The molecule has 10 nitrogen and oxygen atoms in total. The SMILES string of the molecule is NCCCn1cc(CCN)c2ccc(N3C=C4C=C(CCS(=O)(=O)C5CCNCC5)NC4NC3=O)cc21. The number of amides is 2. The number of nitrogens with zero attached hydrogens (tertiary/aromatic N) is 2. The van der Waals surface area contributed by atoms with Gasteiger partial charge in [-0.05, 0) is 75.6 Å². The summed E-state index contributed by atoms with van der Waals surface area (Å²) in [4.78, 5) is 14.6. The average molecular weight is 528 g/mol. The highest BCUT2D eigenvalue weighted by molar-refractivity contribution is 7.92. The van der Waals surface area contributed by atoms with Crippen molar-refractivity contribution in [1.29, 1.82) is 0 Å². The number of anilines is 1. The van der Waals surface area contributed by atoms with Gasteiger partial charge in [0.05, 0.1) is 22.2 Å². The zero-order valence-corrected chi connectivity index (χ0v) is 21.9. The minimum absolute atomic E-state index is 0.107. The van der Waals surface area contributed by atoms with Crippen molar-refractivity contribution >= 4 is 32.5 Å². The summed E-state index contributed by atoms with van der Waals surface area (Å²) in [6, 6.07) is 5.79. The summed E-state index contributed by atoms with van der Waals surface area (Å²) in [6.45, 7) is 3.47. The Morgan fingerprint density at radius 1 is 1.05 bits per heavy atom. The summed E-state index contributed by atoms with van der Waals surface area (Å²) in [5.74, 6) is 0.107. The van der Waals surface area contributed by atoms with Crippen molar-refractivity contribution in [2.24, 2.45) is 11.5 Å². The molecule has 5 rings (SSSR count). The minimum atomic E-state index is -3.16. The maximum atomic E-state index is 13.0. The fourth-order valence-corrected chi connectivity index (χ4v) is 7.24. The lowest BCUT2D eigenvalue weighted by Crippen LogP contribution is -2.51. The predicted octanol–water partition coefficient (Wildman–Crippen LogP) is 1.27. The van der Waals surface area contributed by atoms with E-state index in [-0.39, 0.29) is 23.2 Å². The lowest BCUT2D eigenvalue weighted by molar-refractivity contribution is 0.243. The average Bonchev–Trinajstić information content (AvgIpc) is 3.46. The van der Waals surface area contributed by atoms with Crippen molar-refractivity contribution in [2.45, 2.75) is 50.1 Å². The van der Waals surface area contributed by atoms with Crippen molar-refractivity contribution in [2.75, 3.05) is 36.8 Å². The van der Waals surface area contributed by atoms with Crippen LogP contribution in [0.1, 0.15) is 31.2 Å². The molecule has 0 spiro atoms. The van der Waals surface area contributed by atoms with Crippen LogP contribution >= 0.6 is 0 Å². The number of sulfone groups is 1. The number of rotatable bonds is 10. The van der Waals surface area contributed by atoms with Crippen LogP contribution < -0.4 is 32.3 Å². The summed E-state index contributed by atoms with van der Waals surface area (Å²) >= 11 is 0. The molecule has 2 aromatic rings. The molecule has 200 valence electrons. The van der Waals surface area contributed by atoms with Crippen LogP contribution in [0.25, 0.3) is 10.9 Å². The molecule has 3 aliphatic heterocycles. The smallest absolute Gasteiger partial charge is 0.327 e. The molecule has 4 heterocycles. The number of aromatic nitrogens is 1. The topological polar surface area (TPSA) is 148 Å². The van der Waals surface area contributed by atoms with Gasteiger partial charge < -0.3 is 32.0 Å². The van der Waals surface area contributed by atoms with Crippen molar-refractivity contribution in [1.82, 2.24) is 20.5 Å². The molecule has 7 N–H and O–H groups in total. The summed E-state index contributed by atoms with van der Waals surface area (Å²) in [5.41, 5.74) is 16.3. The first-order chi connectivity index (χ1) is 17.9. The van der Waals surface area contributed by atoms with Crippen LogP contribution in [0.4, 0.5) is 10.5 Å².